The molecule has 0 aliphatic rings. The largest absolute Gasteiger partial charge is 0.497 e. The molecule has 180 valence electrons. The fourth-order valence-corrected chi connectivity index (χ4v) is 4.83. The van der Waals surface area contributed by atoms with Gasteiger partial charge in [-0.15, -0.1) is 0 Å². The van der Waals surface area contributed by atoms with Crippen LogP contribution >= 0.6 is 0 Å². The lowest BCUT2D eigenvalue weighted by atomic mass is 10.1. The maximum Gasteiger partial charge on any atom is 0.243 e. The van der Waals surface area contributed by atoms with Gasteiger partial charge in [-0.25, -0.2) is 8.42 Å². The van der Waals surface area contributed by atoms with Crippen molar-refractivity contribution in [3.63, 3.8) is 0 Å². The lowest BCUT2D eigenvalue weighted by molar-refractivity contribution is -0.121. The van der Waals surface area contributed by atoms with Gasteiger partial charge in [0, 0.05) is 13.1 Å². The van der Waals surface area contributed by atoms with Gasteiger partial charge in [-0.2, -0.15) is 4.31 Å². The predicted octanol–water partition coefficient (Wildman–Crippen LogP) is 3.30. The first kappa shape index (κ1) is 25.3. The lowest BCUT2D eigenvalue weighted by Gasteiger charge is -2.22. The molecule has 0 spiro atoms. The van der Waals surface area contributed by atoms with Crippen molar-refractivity contribution in [1.82, 2.24) is 9.62 Å². The zero-order chi connectivity index (χ0) is 24.4. The molecule has 34 heavy (non-hydrogen) atoms. The van der Waals surface area contributed by atoms with Gasteiger partial charge in [0.2, 0.25) is 15.9 Å². The van der Waals surface area contributed by atoms with Gasteiger partial charge in [0.05, 0.1) is 25.7 Å². The minimum Gasteiger partial charge on any atom is -0.497 e. The number of carbonyl (C=O) groups is 1. The third-order valence-electron chi connectivity index (χ3n) is 5.40. The van der Waals surface area contributed by atoms with Gasteiger partial charge in [-0.1, -0.05) is 42.5 Å². The van der Waals surface area contributed by atoms with Crippen LogP contribution in [0.2, 0.25) is 0 Å². The summed E-state index contributed by atoms with van der Waals surface area (Å²) in [6.45, 7) is 0.328. The summed E-state index contributed by atoms with van der Waals surface area (Å²) in [5.74, 6) is 0.982. The first-order chi connectivity index (χ1) is 16.4. The van der Waals surface area contributed by atoms with Crippen LogP contribution in [0.25, 0.3) is 0 Å². The molecule has 7 nitrogen and oxygen atoms in total. The van der Waals surface area contributed by atoms with Crippen LogP contribution in [0.4, 0.5) is 0 Å². The third-order valence-corrected chi connectivity index (χ3v) is 7.26. The molecule has 3 rings (SSSR count). The summed E-state index contributed by atoms with van der Waals surface area (Å²) in [6.07, 6.45) is 1.13. The van der Waals surface area contributed by atoms with Crippen LogP contribution in [-0.2, 0) is 27.7 Å². The number of ether oxygens (including phenoxy) is 2. The van der Waals surface area contributed by atoms with Crippen molar-refractivity contribution < 1.29 is 22.7 Å². The molecule has 0 atom stereocenters. The van der Waals surface area contributed by atoms with E-state index in [0.29, 0.717) is 25.1 Å². The van der Waals surface area contributed by atoms with E-state index in [1.807, 2.05) is 54.6 Å². The minimum absolute atomic E-state index is 0.118. The van der Waals surface area contributed by atoms with Crippen molar-refractivity contribution in [2.45, 2.75) is 17.7 Å². The minimum atomic E-state index is -3.87. The highest BCUT2D eigenvalue weighted by Crippen LogP contribution is 2.20. The van der Waals surface area contributed by atoms with Crippen molar-refractivity contribution in [2.24, 2.45) is 0 Å². The smallest absolute Gasteiger partial charge is 0.243 e. The number of carbonyl (C=O) groups excluding carboxylic acids is 1. The summed E-state index contributed by atoms with van der Waals surface area (Å²) in [5.41, 5.74) is 2.05. The number of sulfonamides is 1. The van der Waals surface area contributed by atoms with Crippen LogP contribution in [-0.4, -0.2) is 52.5 Å². The zero-order valence-electron chi connectivity index (χ0n) is 19.4. The van der Waals surface area contributed by atoms with Crippen LogP contribution in [0, 0.1) is 0 Å². The van der Waals surface area contributed by atoms with Crippen molar-refractivity contribution >= 4 is 15.9 Å². The van der Waals surface area contributed by atoms with E-state index in [0.717, 1.165) is 16.9 Å². The molecule has 0 unspecified atom stereocenters. The number of hydrogen-bond donors (Lipinski definition) is 1. The molecule has 8 heteroatoms. The zero-order valence-corrected chi connectivity index (χ0v) is 20.3. The highest BCUT2D eigenvalue weighted by molar-refractivity contribution is 7.89. The third kappa shape index (κ3) is 7.07. The summed E-state index contributed by atoms with van der Waals surface area (Å²) < 4.78 is 38.2. The molecule has 1 amide bonds. The molecule has 0 radical (unpaired) electrons. The second kappa shape index (κ2) is 12.2. The van der Waals surface area contributed by atoms with Crippen LogP contribution in [0.3, 0.4) is 0 Å². The molecule has 3 aromatic rings. The first-order valence-electron chi connectivity index (χ1n) is 11.0. The van der Waals surface area contributed by atoms with E-state index >= 15 is 0 Å². The molecule has 0 aliphatic heterocycles. The van der Waals surface area contributed by atoms with Gasteiger partial charge in [0.15, 0.2) is 0 Å². The molecule has 0 fully saturated rings. The Bertz CT molecular complexity index is 1150. The fraction of sp³-hybridized carbons (Fsp3) is 0.269. The van der Waals surface area contributed by atoms with Gasteiger partial charge in [-0.05, 0) is 60.4 Å². The molecule has 1 N–H and O–H groups in total. The van der Waals surface area contributed by atoms with Crippen LogP contribution in [0.1, 0.15) is 11.1 Å². The SMILES string of the molecule is COc1ccc(CCNC(=O)CN(CCc2ccccc2)S(=O)(=O)c2ccc(OC)cc2)cc1. The highest BCUT2D eigenvalue weighted by Gasteiger charge is 2.26. The van der Waals surface area contributed by atoms with E-state index in [1.165, 1.54) is 23.5 Å². The van der Waals surface area contributed by atoms with E-state index in [9.17, 15) is 13.2 Å². The van der Waals surface area contributed by atoms with Crippen LogP contribution in [0.15, 0.2) is 83.8 Å². The van der Waals surface area contributed by atoms with E-state index in [4.69, 9.17) is 9.47 Å². The predicted molar refractivity (Wildman–Crippen MR) is 132 cm³/mol. The molecule has 0 aliphatic carbocycles. The number of amides is 1. The van der Waals surface area contributed by atoms with Gasteiger partial charge in [0.25, 0.3) is 0 Å². The number of hydrogen-bond acceptors (Lipinski definition) is 5. The Kier molecular flexibility index (Phi) is 9.07. The van der Waals surface area contributed by atoms with Gasteiger partial charge < -0.3 is 14.8 Å². The molecule has 0 saturated carbocycles. The number of nitrogens with zero attached hydrogens (tertiary/aromatic N) is 1. The van der Waals surface area contributed by atoms with Crippen molar-refractivity contribution in [3.8, 4) is 11.5 Å². The standard InChI is InChI=1S/C26H30N2O5S/c1-32-23-10-8-22(9-11-23)16-18-27-26(29)20-28(19-17-21-6-4-3-5-7-21)34(30,31)25-14-12-24(33-2)13-15-25/h3-15H,16-20H2,1-2H3,(H,27,29). The van der Waals surface area contributed by atoms with E-state index in [2.05, 4.69) is 5.32 Å². The Morgan fingerprint density at radius 2 is 1.35 bits per heavy atom. The van der Waals surface area contributed by atoms with Crippen molar-refractivity contribution in [2.75, 3.05) is 33.9 Å². The van der Waals surface area contributed by atoms with Crippen LogP contribution < -0.4 is 14.8 Å². The molecular formula is C26H30N2O5S. The quantitative estimate of drug-likeness (QED) is 0.428. The Morgan fingerprint density at radius 3 is 1.94 bits per heavy atom. The first-order valence-corrected chi connectivity index (χ1v) is 12.4. The van der Waals surface area contributed by atoms with Gasteiger partial charge in [-0.3, -0.25) is 4.79 Å². The van der Waals surface area contributed by atoms with Crippen molar-refractivity contribution in [3.05, 3.63) is 90.0 Å². The summed E-state index contributed by atoms with van der Waals surface area (Å²) in [5, 5.41) is 2.83. The number of rotatable bonds is 12. The maximum absolute atomic E-state index is 13.3. The topological polar surface area (TPSA) is 84.9 Å². The molecular weight excluding hydrogens is 452 g/mol. The summed E-state index contributed by atoms with van der Waals surface area (Å²) in [6, 6.07) is 23.4. The monoisotopic (exact) mass is 482 g/mol. The second-order valence-corrected chi connectivity index (χ2v) is 9.64. The molecule has 0 bridgehead atoms. The van der Waals surface area contributed by atoms with E-state index in [-0.39, 0.29) is 23.9 Å². The Labute approximate surface area is 201 Å². The Hall–Kier alpha value is -3.36. The molecule has 0 aromatic heterocycles. The Morgan fingerprint density at radius 1 is 0.794 bits per heavy atom. The molecule has 0 saturated heterocycles. The summed E-state index contributed by atoms with van der Waals surface area (Å²) in [4.78, 5) is 12.8. The molecule has 0 heterocycles. The van der Waals surface area contributed by atoms with E-state index in [1.54, 1.807) is 19.2 Å². The van der Waals surface area contributed by atoms with E-state index < -0.39 is 10.0 Å². The summed E-state index contributed by atoms with van der Waals surface area (Å²) in [7, 11) is -0.743. The fourth-order valence-electron chi connectivity index (χ4n) is 3.43. The normalized spacial score (nSPS) is 11.3. The summed E-state index contributed by atoms with van der Waals surface area (Å²) >= 11 is 0. The maximum atomic E-state index is 13.3. The average Bonchev–Trinajstić information content (AvgIpc) is 2.87. The number of benzene rings is 3. The van der Waals surface area contributed by atoms with Crippen molar-refractivity contribution in [1.29, 1.82) is 0 Å². The van der Waals surface area contributed by atoms with Gasteiger partial charge in [0.1, 0.15) is 11.5 Å². The number of nitrogens with one attached hydrogen (secondary N) is 1. The van der Waals surface area contributed by atoms with Gasteiger partial charge >= 0.3 is 0 Å². The molecule has 3 aromatic carbocycles. The number of methoxy groups -OCH3 is 2. The average molecular weight is 483 g/mol. The van der Waals surface area contributed by atoms with Crippen LogP contribution in [0.5, 0.6) is 11.5 Å². The highest BCUT2D eigenvalue weighted by atomic mass is 32.2. The lowest BCUT2D eigenvalue weighted by Crippen LogP contribution is -2.42. The Balaban J connectivity index is 1.66. The second-order valence-electron chi connectivity index (χ2n) is 7.70.